The summed E-state index contributed by atoms with van der Waals surface area (Å²) in [5.41, 5.74) is -0.236. The Labute approximate surface area is 179 Å². The number of ketones is 1. The molecule has 0 radical (unpaired) electrons. The van der Waals surface area contributed by atoms with Crippen molar-refractivity contribution in [3.05, 3.63) is 12.4 Å². The number of imidazole rings is 1. The minimum Gasteiger partial charge on any atom is -0.388 e. The van der Waals surface area contributed by atoms with Crippen LogP contribution in [0.4, 0.5) is 0 Å². The van der Waals surface area contributed by atoms with E-state index in [4.69, 9.17) is 0 Å². The van der Waals surface area contributed by atoms with Crippen LogP contribution in [-0.2, 0) is 11.8 Å². The van der Waals surface area contributed by atoms with Crippen molar-refractivity contribution in [1.82, 2.24) is 9.55 Å². The lowest BCUT2D eigenvalue weighted by Crippen LogP contribution is -2.57. The number of fused-ring (bicyclic) bond motifs is 5. The predicted octanol–water partition coefficient (Wildman–Crippen LogP) is 4.86. The predicted molar refractivity (Wildman–Crippen MR) is 116 cm³/mol. The molecule has 4 fully saturated rings. The minimum atomic E-state index is -0.598. The molecule has 0 aliphatic heterocycles. The Bertz CT molecular complexity index is 809. The molecule has 1 heterocycles. The minimum absolute atomic E-state index is 0.0139. The average Bonchev–Trinajstić information content (AvgIpc) is 3.22. The Morgan fingerprint density at radius 1 is 1.17 bits per heavy atom. The molecule has 1 aromatic rings. The number of thioether (sulfide) groups is 1. The third-order valence-corrected chi connectivity index (χ3v) is 11.3. The molecule has 4 saturated carbocycles. The fourth-order valence-corrected chi connectivity index (χ4v) is 9.31. The Morgan fingerprint density at radius 2 is 1.97 bits per heavy atom. The van der Waals surface area contributed by atoms with Crippen molar-refractivity contribution in [3.8, 4) is 0 Å². The van der Waals surface area contributed by atoms with E-state index < -0.39 is 5.60 Å². The van der Waals surface area contributed by atoms with Crippen LogP contribution in [0.5, 0.6) is 0 Å². The Morgan fingerprint density at radius 3 is 2.72 bits per heavy atom. The van der Waals surface area contributed by atoms with E-state index in [0.29, 0.717) is 23.0 Å². The van der Waals surface area contributed by atoms with Crippen molar-refractivity contribution in [2.75, 3.05) is 5.75 Å². The summed E-state index contributed by atoms with van der Waals surface area (Å²) in [5, 5.41) is 12.9. The van der Waals surface area contributed by atoms with Gasteiger partial charge in [-0.05, 0) is 74.0 Å². The molecular formula is C24H36N2O2S. The molecular weight excluding hydrogens is 380 g/mol. The summed E-state index contributed by atoms with van der Waals surface area (Å²) in [5.74, 6) is 3.95. The molecule has 4 nitrogen and oxygen atoms in total. The van der Waals surface area contributed by atoms with Crippen molar-refractivity contribution in [1.29, 1.82) is 0 Å². The number of hydrogen-bond acceptors (Lipinski definition) is 4. The summed E-state index contributed by atoms with van der Waals surface area (Å²) in [7, 11) is 2.03. The number of Topliss-reactive ketones (excluding diaryl/α,β-unsaturated/α-hetero) is 1. The second kappa shape index (κ2) is 6.85. The van der Waals surface area contributed by atoms with Gasteiger partial charge in [0.2, 0.25) is 0 Å². The molecule has 5 heteroatoms. The van der Waals surface area contributed by atoms with Gasteiger partial charge < -0.3 is 9.67 Å². The van der Waals surface area contributed by atoms with Crippen molar-refractivity contribution in [2.45, 2.75) is 82.4 Å². The third kappa shape index (κ3) is 2.90. The van der Waals surface area contributed by atoms with Gasteiger partial charge in [0, 0.05) is 43.5 Å². The zero-order chi connectivity index (χ0) is 20.4. The summed E-state index contributed by atoms with van der Waals surface area (Å²) < 4.78 is 2.05. The molecule has 160 valence electrons. The van der Waals surface area contributed by atoms with Gasteiger partial charge in [0.1, 0.15) is 5.78 Å². The first-order chi connectivity index (χ1) is 13.8. The first-order valence-corrected chi connectivity index (χ1v) is 12.6. The van der Waals surface area contributed by atoms with E-state index in [0.717, 1.165) is 61.3 Å². The van der Waals surface area contributed by atoms with Gasteiger partial charge >= 0.3 is 0 Å². The van der Waals surface area contributed by atoms with Crippen LogP contribution in [0.15, 0.2) is 17.6 Å². The number of nitrogens with zero attached hydrogens (tertiary/aromatic N) is 2. The SMILES string of the molecule is Cn1ccnc1SC[C@]1(O)CC[C@@H]2[C@@H]3CC[C@H]4CC(=O)CC[C@]4(C)C3CC[C@]21C. The molecule has 0 spiro atoms. The van der Waals surface area contributed by atoms with E-state index in [1.165, 1.54) is 19.3 Å². The van der Waals surface area contributed by atoms with Crippen LogP contribution in [0.2, 0.25) is 0 Å². The zero-order valence-corrected chi connectivity index (χ0v) is 19.0. The maximum Gasteiger partial charge on any atom is 0.167 e. The number of aromatic nitrogens is 2. The van der Waals surface area contributed by atoms with Gasteiger partial charge in [0.15, 0.2) is 5.16 Å². The highest BCUT2D eigenvalue weighted by atomic mass is 32.2. The van der Waals surface area contributed by atoms with E-state index in [1.807, 2.05) is 24.0 Å². The van der Waals surface area contributed by atoms with Crippen LogP contribution in [0.1, 0.15) is 71.6 Å². The zero-order valence-electron chi connectivity index (χ0n) is 18.2. The fourth-order valence-electron chi connectivity index (χ4n) is 8.07. The normalized spacial score (nSPS) is 46.8. The Kier molecular flexibility index (Phi) is 4.75. The van der Waals surface area contributed by atoms with E-state index in [1.54, 1.807) is 11.8 Å². The van der Waals surface area contributed by atoms with Gasteiger partial charge in [-0.25, -0.2) is 4.98 Å². The average molecular weight is 417 g/mol. The molecule has 0 aromatic carbocycles. The van der Waals surface area contributed by atoms with E-state index >= 15 is 0 Å². The van der Waals surface area contributed by atoms with Crippen molar-refractivity contribution in [3.63, 3.8) is 0 Å². The highest BCUT2D eigenvalue weighted by Gasteiger charge is 2.64. The first-order valence-electron chi connectivity index (χ1n) is 11.6. The van der Waals surface area contributed by atoms with E-state index in [-0.39, 0.29) is 5.41 Å². The standard InChI is InChI=1S/C24H36N2O2S/c1-22-9-6-17(27)14-16(22)4-5-18-19(22)7-10-23(2)20(18)8-11-24(23,28)15-29-21-25-12-13-26(21)3/h12-13,16,18-20,28H,4-11,14-15H2,1-3H3/t16-,18+,19?,20+,22-,23+,24+/m0/s1. The summed E-state index contributed by atoms with van der Waals surface area (Å²) in [6.07, 6.45) is 13.5. The van der Waals surface area contributed by atoms with Gasteiger partial charge in [-0.1, -0.05) is 25.6 Å². The number of hydrogen-bond donors (Lipinski definition) is 1. The smallest absolute Gasteiger partial charge is 0.167 e. The Hall–Kier alpha value is -0.810. The van der Waals surface area contributed by atoms with E-state index in [9.17, 15) is 9.90 Å². The van der Waals surface area contributed by atoms with Gasteiger partial charge in [0.05, 0.1) is 5.60 Å². The summed E-state index contributed by atoms with van der Waals surface area (Å²) in [6, 6.07) is 0. The quantitative estimate of drug-likeness (QED) is 0.715. The summed E-state index contributed by atoms with van der Waals surface area (Å²) in [4.78, 5) is 16.5. The van der Waals surface area contributed by atoms with Crippen molar-refractivity contribution < 1.29 is 9.90 Å². The maximum atomic E-state index is 12.1. The lowest BCUT2D eigenvalue weighted by atomic mass is 9.44. The van der Waals surface area contributed by atoms with E-state index in [2.05, 4.69) is 18.8 Å². The molecule has 7 atom stereocenters. The second-order valence-electron chi connectivity index (χ2n) is 11.0. The van der Waals surface area contributed by atoms with Crippen LogP contribution < -0.4 is 0 Å². The molecule has 1 N–H and O–H groups in total. The van der Waals surface area contributed by atoms with Crippen LogP contribution in [0, 0.1) is 34.5 Å². The molecule has 4 aliphatic carbocycles. The molecule has 0 amide bonds. The van der Waals surface area contributed by atoms with Crippen molar-refractivity contribution >= 4 is 17.5 Å². The lowest BCUT2D eigenvalue weighted by molar-refractivity contribution is -0.152. The lowest BCUT2D eigenvalue weighted by Gasteiger charge is -2.61. The summed E-state index contributed by atoms with van der Waals surface area (Å²) in [6.45, 7) is 4.89. The molecule has 1 aromatic heterocycles. The number of carbonyl (C=O) groups is 1. The molecule has 5 rings (SSSR count). The highest BCUT2D eigenvalue weighted by Crippen LogP contribution is 2.68. The maximum absolute atomic E-state index is 12.1. The third-order valence-electron chi connectivity index (χ3n) is 10.0. The molecule has 0 saturated heterocycles. The fraction of sp³-hybridized carbons (Fsp3) is 0.833. The van der Waals surface area contributed by atoms with Crippen LogP contribution >= 0.6 is 11.8 Å². The Balaban J connectivity index is 1.36. The molecule has 4 aliphatic rings. The first kappa shape index (κ1) is 20.1. The number of aryl methyl sites for hydroxylation is 1. The monoisotopic (exact) mass is 416 g/mol. The van der Waals surface area contributed by atoms with Gasteiger partial charge in [-0.2, -0.15) is 0 Å². The topological polar surface area (TPSA) is 55.1 Å². The number of carbonyl (C=O) groups excluding carboxylic acids is 1. The van der Waals surface area contributed by atoms with Gasteiger partial charge in [0.25, 0.3) is 0 Å². The van der Waals surface area contributed by atoms with Crippen LogP contribution in [0.25, 0.3) is 0 Å². The van der Waals surface area contributed by atoms with Gasteiger partial charge in [-0.15, -0.1) is 0 Å². The number of rotatable bonds is 3. The van der Waals surface area contributed by atoms with Crippen LogP contribution in [-0.4, -0.2) is 31.8 Å². The number of aliphatic hydroxyl groups is 1. The molecule has 29 heavy (non-hydrogen) atoms. The molecule has 1 unspecified atom stereocenters. The van der Waals surface area contributed by atoms with Crippen LogP contribution in [0.3, 0.4) is 0 Å². The largest absolute Gasteiger partial charge is 0.388 e. The highest BCUT2D eigenvalue weighted by molar-refractivity contribution is 7.99. The second-order valence-corrected chi connectivity index (χ2v) is 12.0. The summed E-state index contributed by atoms with van der Waals surface area (Å²) >= 11 is 1.72. The molecule has 0 bridgehead atoms. The van der Waals surface area contributed by atoms with Gasteiger partial charge in [-0.3, -0.25) is 4.79 Å². The van der Waals surface area contributed by atoms with Crippen molar-refractivity contribution in [2.24, 2.45) is 41.5 Å².